The minimum absolute atomic E-state index is 0.0819. The number of amides is 2. The van der Waals surface area contributed by atoms with Crippen LogP contribution in [0.15, 0.2) is 47.4 Å². The number of carbonyl (C=O) groups is 2. The number of sulfonamides is 1. The molecule has 1 unspecified atom stereocenters. The molecule has 0 aromatic heterocycles. The predicted octanol–water partition coefficient (Wildman–Crippen LogP) is 3.45. The lowest BCUT2D eigenvalue weighted by atomic mass is 9.95. The largest absolute Gasteiger partial charge is 0.344 e. The number of carbonyl (C=O) groups excluding carboxylic acids is 2. The minimum atomic E-state index is -3.64. The maximum absolute atomic E-state index is 13.4. The standard InChI is InChI=1S/C24H29F2N3O4S/c1-15(2)22(24(31)27-18-6-9-20(25)21(26)14-18)28-23(30)17-10-12-29(13-11-17)34(32,33)19-7-4-16(3)5-8-19/h4-9,14-15,17,22H,10-13H2,1-3H3,(H,27,31)(H,28,30). The van der Waals surface area contributed by atoms with E-state index in [0.29, 0.717) is 12.8 Å². The molecule has 0 saturated carbocycles. The van der Waals surface area contributed by atoms with Crippen LogP contribution in [0.2, 0.25) is 0 Å². The zero-order valence-corrected chi connectivity index (χ0v) is 20.2. The monoisotopic (exact) mass is 493 g/mol. The second-order valence-electron chi connectivity index (χ2n) is 8.84. The number of benzene rings is 2. The Morgan fingerprint density at radius 1 is 1.00 bits per heavy atom. The molecule has 2 N–H and O–H groups in total. The Balaban J connectivity index is 1.60. The summed E-state index contributed by atoms with van der Waals surface area (Å²) in [5.74, 6) is -3.71. The maximum atomic E-state index is 13.4. The summed E-state index contributed by atoms with van der Waals surface area (Å²) >= 11 is 0. The number of anilines is 1. The first-order chi connectivity index (χ1) is 16.0. The number of halogens is 2. The van der Waals surface area contributed by atoms with E-state index < -0.39 is 39.5 Å². The number of piperidine rings is 1. The highest BCUT2D eigenvalue weighted by atomic mass is 32.2. The van der Waals surface area contributed by atoms with Gasteiger partial charge in [-0.1, -0.05) is 31.5 Å². The van der Waals surface area contributed by atoms with Crippen LogP contribution in [0.1, 0.15) is 32.3 Å². The van der Waals surface area contributed by atoms with Crippen molar-refractivity contribution in [2.45, 2.75) is 44.6 Å². The van der Waals surface area contributed by atoms with Gasteiger partial charge in [0.15, 0.2) is 11.6 Å². The van der Waals surface area contributed by atoms with Gasteiger partial charge in [-0.25, -0.2) is 17.2 Å². The number of aryl methyl sites for hydroxylation is 1. The van der Waals surface area contributed by atoms with Crippen molar-refractivity contribution in [3.8, 4) is 0 Å². The Morgan fingerprint density at radius 2 is 1.62 bits per heavy atom. The molecule has 1 aliphatic rings. The lowest BCUT2D eigenvalue weighted by molar-refractivity contribution is -0.130. The fraction of sp³-hybridized carbons (Fsp3) is 0.417. The molecule has 0 spiro atoms. The van der Waals surface area contributed by atoms with Crippen molar-refractivity contribution >= 4 is 27.5 Å². The molecule has 0 radical (unpaired) electrons. The van der Waals surface area contributed by atoms with Gasteiger partial charge in [0.05, 0.1) is 4.90 Å². The van der Waals surface area contributed by atoms with Crippen LogP contribution in [0.3, 0.4) is 0 Å². The van der Waals surface area contributed by atoms with E-state index in [2.05, 4.69) is 10.6 Å². The van der Waals surface area contributed by atoms with E-state index in [1.165, 1.54) is 10.4 Å². The summed E-state index contributed by atoms with van der Waals surface area (Å²) in [6, 6.07) is 8.75. The molecule has 184 valence electrons. The number of hydrogen-bond donors (Lipinski definition) is 2. The number of rotatable bonds is 7. The summed E-state index contributed by atoms with van der Waals surface area (Å²) < 4.78 is 53.7. The van der Waals surface area contributed by atoms with E-state index in [4.69, 9.17) is 0 Å². The van der Waals surface area contributed by atoms with Crippen molar-refractivity contribution < 1.29 is 26.8 Å². The second kappa shape index (κ2) is 10.6. The molecule has 10 heteroatoms. The van der Waals surface area contributed by atoms with Crippen molar-refractivity contribution in [3.05, 3.63) is 59.7 Å². The molecule has 1 fully saturated rings. The second-order valence-corrected chi connectivity index (χ2v) is 10.8. The van der Waals surface area contributed by atoms with E-state index in [1.54, 1.807) is 38.1 Å². The van der Waals surface area contributed by atoms with Crippen LogP contribution in [0, 0.1) is 30.4 Å². The topological polar surface area (TPSA) is 95.6 Å². The van der Waals surface area contributed by atoms with Gasteiger partial charge in [-0.3, -0.25) is 9.59 Å². The third-order valence-corrected chi connectivity index (χ3v) is 7.83. The molecule has 34 heavy (non-hydrogen) atoms. The first-order valence-corrected chi connectivity index (χ1v) is 12.6. The Kier molecular flexibility index (Phi) is 8.04. The van der Waals surface area contributed by atoms with Gasteiger partial charge in [0, 0.05) is 30.8 Å². The summed E-state index contributed by atoms with van der Waals surface area (Å²) in [7, 11) is -3.64. The lowest BCUT2D eigenvalue weighted by Crippen LogP contribution is -2.50. The van der Waals surface area contributed by atoms with Crippen molar-refractivity contribution in [2.24, 2.45) is 11.8 Å². The Bertz CT molecular complexity index is 1150. The maximum Gasteiger partial charge on any atom is 0.247 e. The van der Waals surface area contributed by atoms with Crippen molar-refractivity contribution in [2.75, 3.05) is 18.4 Å². The smallest absolute Gasteiger partial charge is 0.247 e. The highest BCUT2D eigenvalue weighted by Gasteiger charge is 2.34. The third-order valence-electron chi connectivity index (χ3n) is 5.92. The molecular weight excluding hydrogens is 464 g/mol. The Labute approximate surface area is 198 Å². The number of hydrogen-bond acceptors (Lipinski definition) is 4. The van der Waals surface area contributed by atoms with E-state index in [-0.39, 0.29) is 35.5 Å². The van der Waals surface area contributed by atoms with Gasteiger partial charge in [0.25, 0.3) is 0 Å². The van der Waals surface area contributed by atoms with Crippen LogP contribution in [0.5, 0.6) is 0 Å². The van der Waals surface area contributed by atoms with Gasteiger partial charge in [0.1, 0.15) is 6.04 Å². The van der Waals surface area contributed by atoms with E-state index >= 15 is 0 Å². The van der Waals surface area contributed by atoms with Crippen LogP contribution >= 0.6 is 0 Å². The minimum Gasteiger partial charge on any atom is -0.344 e. The molecule has 2 amide bonds. The van der Waals surface area contributed by atoms with Crippen molar-refractivity contribution in [1.82, 2.24) is 9.62 Å². The molecule has 1 atom stereocenters. The summed E-state index contributed by atoms with van der Waals surface area (Å²) in [4.78, 5) is 25.8. The van der Waals surface area contributed by atoms with Gasteiger partial charge in [-0.15, -0.1) is 0 Å². The van der Waals surface area contributed by atoms with Gasteiger partial charge in [-0.05, 0) is 49.9 Å². The van der Waals surface area contributed by atoms with Crippen molar-refractivity contribution in [1.29, 1.82) is 0 Å². The van der Waals surface area contributed by atoms with Crippen LogP contribution in [-0.4, -0.2) is 43.7 Å². The molecule has 7 nitrogen and oxygen atoms in total. The number of nitrogens with zero attached hydrogens (tertiary/aromatic N) is 1. The van der Waals surface area contributed by atoms with Gasteiger partial charge < -0.3 is 10.6 Å². The average Bonchev–Trinajstić information content (AvgIpc) is 2.79. The average molecular weight is 494 g/mol. The van der Waals surface area contributed by atoms with Crippen LogP contribution < -0.4 is 10.6 Å². The summed E-state index contributed by atoms with van der Waals surface area (Å²) in [5, 5.41) is 5.24. The predicted molar refractivity (Wildman–Crippen MR) is 124 cm³/mol. The normalized spacial score (nSPS) is 16.3. The first-order valence-electron chi connectivity index (χ1n) is 11.1. The van der Waals surface area contributed by atoms with Crippen LogP contribution in [-0.2, 0) is 19.6 Å². The quantitative estimate of drug-likeness (QED) is 0.618. The summed E-state index contributed by atoms with van der Waals surface area (Å²) in [6.45, 7) is 5.78. The molecule has 3 rings (SSSR count). The van der Waals surface area contributed by atoms with Gasteiger partial charge in [-0.2, -0.15) is 4.31 Å². The number of nitrogens with one attached hydrogen (secondary N) is 2. The molecule has 1 aliphatic heterocycles. The SMILES string of the molecule is Cc1ccc(S(=O)(=O)N2CCC(C(=O)NC(C(=O)Nc3ccc(F)c(F)c3)C(C)C)CC2)cc1. The molecule has 1 saturated heterocycles. The fourth-order valence-corrected chi connectivity index (χ4v) is 5.29. The van der Waals surface area contributed by atoms with E-state index in [1.807, 2.05) is 6.92 Å². The molecule has 1 heterocycles. The van der Waals surface area contributed by atoms with Crippen molar-refractivity contribution in [3.63, 3.8) is 0 Å². The fourth-order valence-electron chi connectivity index (χ4n) is 3.82. The Morgan fingerprint density at radius 3 is 2.18 bits per heavy atom. The highest BCUT2D eigenvalue weighted by Crippen LogP contribution is 2.25. The molecular formula is C24H29F2N3O4S. The molecule has 0 aliphatic carbocycles. The highest BCUT2D eigenvalue weighted by molar-refractivity contribution is 7.89. The molecule has 0 bridgehead atoms. The van der Waals surface area contributed by atoms with Gasteiger partial charge >= 0.3 is 0 Å². The third kappa shape index (κ3) is 5.98. The van der Waals surface area contributed by atoms with E-state index in [0.717, 1.165) is 17.7 Å². The summed E-state index contributed by atoms with van der Waals surface area (Å²) in [6.07, 6.45) is 0.652. The summed E-state index contributed by atoms with van der Waals surface area (Å²) in [5.41, 5.74) is 1.04. The van der Waals surface area contributed by atoms with Crippen LogP contribution in [0.25, 0.3) is 0 Å². The van der Waals surface area contributed by atoms with Crippen LogP contribution in [0.4, 0.5) is 14.5 Å². The lowest BCUT2D eigenvalue weighted by Gasteiger charge is -2.32. The zero-order chi connectivity index (χ0) is 25.0. The van der Waals surface area contributed by atoms with E-state index in [9.17, 15) is 26.8 Å². The zero-order valence-electron chi connectivity index (χ0n) is 19.3. The Hall–Kier alpha value is -2.85. The molecule has 2 aromatic rings. The molecule has 2 aromatic carbocycles. The first kappa shape index (κ1) is 25.8. The van der Waals surface area contributed by atoms with Gasteiger partial charge in [0.2, 0.25) is 21.8 Å².